The first-order valence-electron chi connectivity index (χ1n) is 6.51. The molecule has 1 fully saturated rings. The molecule has 2 rings (SSSR count). The minimum Gasteiger partial charge on any atom is -0.481 e. The van der Waals surface area contributed by atoms with Gasteiger partial charge in [0, 0.05) is 25.5 Å². The number of carboxylic acids is 1. The molecule has 0 aliphatic carbocycles. The number of pyridine rings is 1. The zero-order valence-electron chi connectivity index (χ0n) is 11.0. The Balaban J connectivity index is 1.93. The highest BCUT2D eigenvalue weighted by atomic mass is 16.4. The third-order valence-electron chi connectivity index (χ3n) is 3.72. The van der Waals surface area contributed by atoms with Crippen LogP contribution in [0.15, 0.2) is 24.5 Å². The van der Waals surface area contributed by atoms with Crippen LogP contribution in [0.2, 0.25) is 0 Å². The van der Waals surface area contributed by atoms with Crippen LogP contribution in [0.4, 0.5) is 0 Å². The number of hydrogen-bond donors (Lipinski definition) is 1. The number of hydrogen-bond acceptors (Lipinski definition) is 3. The van der Waals surface area contributed by atoms with E-state index in [1.165, 1.54) is 12.5 Å². The molecule has 2 heterocycles. The standard InChI is InChI=1S/C14H18N2O3/c1-10(14(18)19)13(17)16-8-4-12(5-9-16)11-2-6-15-7-3-11/h2-3,6-7,10,12H,4-5,8-9H2,1H3,(H,18,19). The average Bonchev–Trinajstić information content (AvgIpc) is 2.46. The van der Waals surface area contributed by atoms with Crippen LogP contribution in [0.25, 0.3) is 0 Å². The first-order valence-corrected chi connectivity index (χ1v) is 6.51. The van der Waals surface area contributed by atoms with Crippen LogP contribution in [-0.2, 0) is 9.59 Å². The van der Waals surface area contributed by atoms with E-state index in [1.807, 2.05) is 12.1 Å². The Bertz CT molecular complexity index is 453. The molecule has 0 aromatic carbocycles. The van der Waals surface area contributed by atoms with E-state index in [0.29, 0.717) is 19.0 Å². The van der Waals surface area contributed by atoms with Gasteiger partial charge in [0.05, 0.1) is 0 Å². The maximum absolute atomic E-state index is 11.9. The van der Waals surface area contributed by atoms with Gasteiger partial charge in [0.2, 0.25) is 5.91 Å². The van der Waals surface area contributed by atoms with Crippen molar-refractivity contribution in [1.82, 2.24) is 9.88 Å². The van der Waals surface area contributed by atoms with E-state index < -0.39 is 11.9 Å². The Kier molecular flexibility index (Phi) is 4.14. The summed E-state index contributed by atoms with van der Waals surface area (Å²) in [5.41, 5.74) is 1.24. The third kappa shape index (κ3) is 3.10. The summed E-state index contributed by atoms with van der Waals surface area (Å²) in [5.74, 6) is -1.84. The monoisotopic (exact) mass is 262 g/mol. The molecule has 1 atom stereocenters. The Morgan fingerprint density at radius 1 is 1.32 bits per heavy atom. The van der Waals surface area contributed by atoms with Crippen molar-refractivity contribution in [2.75, 3.05) is 13.1 Å². The molecule has 5 nitrogen and oxygen atoms in total. The predicted molar refractivity (Wildman–Crippen MR) is 69.6 cm³/mol. The second kappa shape index (κ2) is 5.82. The van der Waals surface area contributed by atoms with Gasteiger partial charge in [0.25, 0.3) is 0 Å². The Hall–Kier alpha value is -1.91. The number of carboxylic acid groups (broad SMARTS) is 1. The summed E-state index contributed by atoms with van der Waals surface area (Å²) < 4.78 is 0. The molecule has 1 amide bonds. The quantitative estimate of drug-likeness (QED) is 0.838. The van der Waals surface area contributed by atoms with Crippen molar-refractivity contribution in [3.05, 3.63) is 30.1 Å². The fourth-order valence-corrected chi connectivity index (χ4v) is 2.45. The number of aromatic nitrogens is 1. The van der Waals surface area contributed by atoms with Crippen LogP contribution >= 0.6 is 0 Å². The number of rotatable bonds is 3. The summed E-state index contributed by atoms with van der Waals surface area (Å²) in [4.78, 5) is 28.4. The van der Waals surface area contributed by atoms with Crippen LogP contribution < -0.4 is 0 Å². The molecular formula is C14H18N2O3. The molecular weight excluding hydrogens is 244 g/mol. The van der Waals surface area contributed by atoms with Crippen molar-refractivity contribution in [2.24, 2.45) is 5.92 Å². The molecule has 19 heavy (non-hydrogen) atoms. The van der Waals surface area contributed by atoms with Gasteiger partial charge in [-0.05, 0) is 43.4 Å². The molecule has 1 aromatic heterocycles. The minimum absolute atomic E-state index is 0.277. The van der Waals surface area contributed by atoms with Crippen molar-refractivity contribution in [1.29, 1.82) is 0 Å². The first kappa shape index (κ1) is 13.5. The van der Waals surface area contributed by atoms with E-state index in [0.717, 1.165) is 12.8 Å². The number of nitrogens with zero attached hydrogens (tertiary/aromatic N) is 2. The highest BCUT2D eigenvalue weighted by Crippen LogP contribution is 2.28. The summed E-state index contributed by atoms with van der Waals surface area (Å²) in [6.07, 6.45) is 5.31. The molecule has 1 N–H and O–H groups in total. The lowest BCUT2D eigenvalue weighted by Gasteiger charge is -2.33. The van der Waals surface area contributed by atoms with Crippen molar-refractivity contribution in [2.45, 2.75) is 25.7 Å². The molecule has 0 radical (unpaired) electrons. The lowest BCUT2D eigenvalue weighted by Crippen LogP contribution is -2.42. The molecule has 5 heteroatoms. The summed E-state index contributed by atoms with van der Waals surface area (Å²) in [5, 5.41) is 8.86. The summed E-state index contributed by atoms with van der Waals surface area (Å²) in [6.45, 7) is 2.70. The average molecular weight is 262 g/mol. The Morgan fingerprint density at radius 3 is 2.42 bits per heavy atom. The van der Waals surface area contributed by atoms with Crippen LogP contribution in [-0.4, -0.2) is 40.0 Å². The second-order valence-electron chi connectivity index (χ2n) is 4.94. The van der Waals surface area contributed by atoms with Gasteiger partial charge < -0.3 is 10.0 Å². The normalized spacial score (nSPS) is 18.1. The fraction of sp³-hybridized carbons (Fsp3) is 0.500. The van der Waals surface area contributed by atoms with E-state index in [-0.39, 0.29) is 5.91 Å². The summed E-state index contributed by atoms with van der Waals surface area (Å²) in [6, 6.07) is 4.00. The molecule has 102 valence electrons. The second-order valence-corrected chi connectivity index (χ2v) is 4.94. The number of aliphatic carboxylic acids is 1. The van der Waals surface area contributed by atoms with Crippen molar-refractivity contribution in [3.8, 4) is 0 Å². The SMILES string of the molecule is CC(C(=O)O)C(=O)N1CCC(c2ccncc2)CC1. The van der Waals surface area contributed by atoms with Gasteiger partial charge in [0.15, 0.2) is 0 Å². The minimum atomic E-state index is -1.05. The summed E-state index contributed by atoms with van der Waals surface area (Å²) in [7, 11) is 0. The third-order valence-corrected chi connectivity index (χ3v) is 3.72. The molecule has 1 aromatic rings. The predicted octanol–water partition coefficient (Wildman–Crippen LogP) is 1.51. The zero-order valence-corrected chi connectivity index (χ0v) is 11.0. The molecule has 1 unspecified atom stereocenters. The van der Waals surface area contributed by atoms with Crippen LogP contribution in [0.5, 0.6) is 0 Å². The topological polar surface area (TPSA) is 70.5 Å². The van der Waals surface area contributed by atoms with Gasteiger partial charge in [-0.2, -0.15) is 0 Å². The maximum Gasteiger partial charge on any atom is 0.315 e. The van der Waals surface area contributed by atoms with Crippen LogP contribution in [0.3, 0.4) is 0 Å². The fourth-order valence-electron chi connectivity index (χ4n) is 2.45. The number of amides is 1. The van der Waals surface area contributed by atoms with E-state index >= 15 is 0 Å². The van der Waals surface area contributed by atoms with E-state index in [4.69, 9.17) is 5.11 Å². The maximum atomic E-state index is 11.9. The van der Waals surface area contributed by atoms with Gasteiger partial charge in [-0.1, -0.05) is 0 Å². The van der Waals surface area contributed by atoms with Gasteiger partial charge in [-0.25, -0.2) is 0 Å². The lowest BCUT2D eigenvalue weighted by atomic mass is 9.89. The number of carbonyl (C=O) groups is 2. The van der Waals surface area contributed by atoms with Gasteiger partial charge in [-0.3, -0.25) is 14.6 Å². The smallest absolute Gasteiger partial charge is 0.315 e. The van der Waals surface area contributed by atoms with E-state index in [2.05, 4.69) is 4.98 Å². The van der Waals surface area contributed by atoms with Crippen molar-refractivity contribution in [3.63, 3.8) is 0 Å². The lowest BCUT2D eigenvalue weighted by molar-refractivity contribution is -0.150. The number of carbonyl (C=O) groups excluding carboxylic acids is 1. The molecule has 0 bridgehead atoms. The highest BCUT2D eigenvalue weighted by Gasteiger charge is 2.29. The molecule has 1 aliphatic heterocycles. The van der Waals surface area contributed by atoms with Crippen molar-refractivity contribution >= 4 is 11.9 Å². The number of piperidine rings is 1. The van der Waals surface area contributed by atoms with Gasteiger partial charge in [0.1, 0.15) is 5.92 Å². The Morgan fingerprint density at radius 2 is 1.89 bits per heavy atom. The molecule has 1 aliphatic rings. The highest BCUT2D eigenvalue weighted by molar-refractivity contribution is 5.96. The zero-order chi connectivity index (χ0) is 13.8. The van der Waals surface area contributed by atoms with Crippen LogP contribution in [0, 0.1) is 5.92 Å². The van der Waals surface area contributed by atoms with E-state index in [9.17, 15) is 9.59 Å². The number of likely N-dealkylation sites (tertiary alicyclic amines) is 1. The first-order chi connectivity index (χ1) is 9.09. The Labute approximate surface area is 112 Å². The van der Waals surface area contributed by atoms with Gasteiger partial charge >= 0.3 is 5.97 Å². The molecule has 1 saturated heterocycles. The largest absolute Gasteiger partial charge is 0.481 e. The summed E-state index contributed by atoms with van der Waals surface area (Å²) >= 11 is 0. The molecule has 0 saturated carbocycles. The molecule has 0 spiro atoms. The van der Waals surface area contributed by atoms with Crippen LogP contribution in [0.1, 0.15) is 31.2 Å². The van der Waals surface area contributed by atoms with E-state index in [1.54, 1.807) is 17.3 Å². The van der Waals surface area contributed by atoms with Gasteiger partial charge in [-0.15, -0.1) is 0 Å². The van der Waals surface area contributed by atoms with Crippen molar-refractivity contribution < 1.29 is 14.7 Å².